The summed E-state index contributed by atoms with van der Waals surface area (Å²) < 4.78 is 57.9. The van der Waals surface area contributed by atoms with Crippen LogP contribution in [0.1, 0.15) is 37.6 Å². The maximum absolute atomic E-state index is 12.8. The maximum Gasteiger partial charge on any atom is 0.364 e. The Balaban J connectivity index is 1.23. The van der Waals surface area contributed by atoms with Gasteiger partial charge in [-0.1, -0.05) is 0 Å². The van der Waals surface area contributed by atoms with Gasteiger partial charge in [-0.25, -0.2) is 9.59 Å². The molecule has 0 unspecified atom stereocenters. The molecule has 1 aromatic carbocycles. The van der Waals surface area contributed by atoms with Gasteiger partial charge in [0, 0.05) is 39.4 Å². The number of carbonyl (C=O) groups is 5. The van der Waals surface area contributed by atoms with Crippen molar-refractivity contribution in [1.29, 1.82) is 0 Å². The van der Waals surface area contributed by atoms with Gasteiger partial charge in [-0.05, 0) is 24.3 Å². The molecule has 1 aromatic rings. The number of carboxylic acid groups (broad SMARTS) is 2. The fraction of sp³-hybridized carbons (Fsp3) is 0.788. The number of aliphatic hydroxyl groups is 18. The van der Waals surface area contributed by atoms with Crippen molar-refractivity contribution in [3.63, 3.8) is 0 Å². The highest BCUT2D eigenvalue weighted by Crippen LogP contribution is 2.38. The molecule has 0 bridgehead atoms. The van der Waals surface area contributed by atoms with Gasteiger partial charge in [-0.15, -0.1) is 0 Å². The molecule has 0 radical (unpaired) electrons. The lowest BCUT2D eigenvalue weighted by atomic mass is 9.88. The highest BCUT2D eigenvalue weighted by molar-refractivity contribution is 5.88. The third-order valence-electron chi connectivity index (χ3n) is 15.7. The first kappa shape index (κ1) is 75.3. The molecule has 39 heteroatoms. The quantitative estimate of drug-likeness (QED) is 0.0354. The molecule has 39 nitrogen and oxygen atoms in total. The number of hydrogen-bond donors (Lipinski definition) is 24. The van der Waals surface area contributed by atoms with E-state index in [0.29, 0.717) is 5.69 Å². The van der Waals surface area contributed by atoms with Gasteiger partial charge in [0.1, 0.15) is 134 Å². The van der Waals surface area contributed by atoms with Crippen molar-refractivity contribution in [2.75, 3.05) is 51.5 Å². The van der Waals surface area contributed by atoms with Crippen LogP contribution in [0.3, 0.4) is 0 Å². The highest BCUT2D eigenvalue weighted by atomic mass is 16.8. The number of anilines is 1. The number of aromatic carboxylic acids is 1. The summed E-state index contributed by atoms with van der Waals surface area (Å²) in [6.45, 7) is -4.13. The average Bonchev–Trinajstić information content (AvgIpc) is 0.851. The van der Waals surface area contributed by atoms with Gasteiger partial charge in [0.2, 0.25) is 17.7 Å². The molecule has 5 saturated heterocycles. The molecule has 30 atom stereocenters. The fourth-order valence-corrected chi connectivity index (χ4v) is 10.9. The lowest BCUT2D eigenvalue weighted by Crippen LogP contribution is -2.70. The molecule has 91 heavy (non-hydrogen) atoms. The van der Waals surface area contributed by atoms with Crippen molar-refractivity contribution < 1.29 is 173 Å². The number of carboxylic acids is 2. The van der Waals surface area contributed by atoms with E-state index in [2.05, 4.69) is 21.3 Å². The molecular weight excluding hydrogens is 1240 g/mol. The highest BCUT2D eigenvalue weighted by Gasteiger charge is 2.59. The van der Waals surface area contributed by atoms with Crippen LogP contribution in [0, 0.1) is 0 Å². The van der Waals surface area contributed by atoms with Crippen LogP contribution in [0.25, 0.3) is 0 Å². The molecule has 0 spiro atoms. The van der Waals surface area contributed by atoms with E-state index in [0.717, 1.165) is 20.8 Å². The van der Waals surface area contributed by atoms with E-state index < -0.39 is 259 Å². The number of ether oxygens (including phenoxy) is 10. The summed E-state index contributed by atoms with van der Waals surface area (Å²) in [4.78, 5) is 61.4. The van der Waals surface area contributed by atoms with Gasteiger partial charge in [0.15, 0.2) is 25.2 Å². The summed E-state index contributed by atoms with van der Waals surface area (Å²) in [6.07, 6.45) is -55.8. The number of amides is 3. The Morgan fingerprint density at radius 3 is 1.67 bits per heavy atom. The zero-order chi connectivity index (χ0) is 67.7. The van der Waals surface area contributed by atoms with E-state index in [-0.39, 0.29) is 12.1 Å². The standard InChI is InChI=1S/C52H82N4O35/c1-16(62)54-21(9-53-20-6-4-19(5-7-20)46(78)79)31(68)41(24(67)11-58)87-49-40(77)44(35(72)26(13-60)83-49)89-50-45(38(75)33(70)25(12-59)84-50)90-47-30(56-18(3)64)36(73)42(27(14-61)85-47)88-48-39(76)37(74)34(71)28(86-48)15-82-52(51(80)81)8-22(65)29(55-17(2)63)43(91-52)32(69)23(66)10-57/h4-7,21-45,47-50,53,57-61,65-77H,8-15H2,1-3H3,(H,54,62)(H,55,63)(H,56,64)(H,78,79)(H,80,81)/t21-,22-,23+,24+,25-,26+,27+,28+,29+,30+,31+,32+,33-,34-,35+,36+,37-,38+,39+,40-,41+,42+,43+,44-,45+,47-,48-,49-,50-,52+/m0/s1. The van der Waals surface area contributed by atoms with Gasteiger partial charge in [0.05, 0.1) is 63.4 Å². The number of benzene rings is 1. The van der Waals surface area contributed by atoms with Gasteiger partial charge < -0.3 is 171 Å². The lowest BCUT2D eigenvalue weighted by molar-refractivity contribution is -0.392. The second kappa shape index (κ2) is 33.1. The van der Waals surface area contributed by atoms with Gasteiger partial charge in [0.25, 0.3) is 5.79 Å². The van der Waals surface area contributed by atoms with E-state index in [1.54, 1.807) is 0 Å². The molecule has 3 amide bonds. The summed E-state index contributed by atoms with van der Waals surface area (Å²) in [5, 5.41) is 227. The molecule has 0 aliphatic carbocycles. The molecule has 0 aromatic heterocycles. The molecule has 5 heterocycles. The van der Waals surface area contributed by atoms with Crippen LogP contribution in [-0.4, -0.2) is 361 Å². The first-order chi connectivity index (χ1) is 42.9. The zero-order valence-electron chi connectivity index (χ0n) is 48.8. The Morgan fingerprint density at radius 1 is 0.571 bits per heavy atom. The van der Waals surface area contributed by atoms with Crippen molar-refractivity contribution in [2.45, 2.75) is 211 Å². The summed E-state index contributed by atoms with van der Waals surface area (Å²) in [6, 6.07) is 0.229. The first-order valence-electron chi connectivity index (χ1n) is 28.4. The molecular formula is C52H82N4O35. The molecule has 0 saturated carbocycles. The third-order valence-corrected chi connectivity index (χ3v) is 15.7. The van der Waals surface area contributed by atoms with E-state index in [4.69, 9.17) is 47.4 Å². The zero-order valence-corrected chi connectivity index (χ0v) is 48.8. The van der Waals surface area contributed by atoms with Crippen LogP contribution in [0.5, 0.6) is 0 Å². The van der Waals surface area contributed by atoms with Crippen LogP contribution < -0.4 is 21.3 Å². The van der Waals surface area contributed by atoms with Crippen molar-refractivity contribution in [3.05, 3.63) is 29.8 Å². The van der Waals surface area contributed by atoms with Crippen molar-refractivity contribution >= 4 is 35.3 Å². The SMILES string of the molecule is CC(=O)N[C@H]1[C@H](O[C@H]2[C@H](O[C@@H]3[C@H](O)[C@H](O[C@@H]([C@H](O)[C@H](CNc4ccc(C(=O)O)cc4)NC(C)=O)[C@H](O)CO)O[C@H](CO)[C@H]3O)O[C@@H](CO)[C@H](O)[C@H]2O)O[C@H](CO)[C@@H](O[C@@H]2O[C@H](CO[C@]3(C(=O)O)C[C@H](O)[C@@H](NC(C)=O)[C@H]([C@H](O)[C@H](O)CO)O3)[C@H](O)[C@H](O)[C@H]2O)[C@@H]1O. The van der Waals surface area contributed by atoms with Crippen LogP contribution in [0.2, 0.25) is 0 Å². The van der Waals surface area contributed by atoms with E-state index >= 15 is 0 Å². The number of rotatable bonds is 29. The van der Waals surface area contributed by atoms with Crippen molar-refractivity contribution in [1.82, 2.24) is 16.0 Å². The molecule has 5 aliphatic heterocycles. The minimum atomic E-state index is -3.02. The van der Waals surface area contributed by atoms with Crippen LogP contribution >= 0.6 is 0 Å². The van der Waals surface area contributed by atoms with Gasteiger partial charge in [-0.3, -0.25) is 14.4 Å². The molecule has 520 valence electrons. The Morgan fingerprint density at radius 2 is 1.11 bits per heavy atom. The fourth-order valence-electron chi connectivity index (χ4n) is 10.9. The van der Waals surface area contributed by atoms with Gasteiger partial charge >= 0.3 is 11.9 Å². The number of nitrogens with one attached hydrogen (secondary N) is 4. The van der Waals surface area contributed by atoms with Crippen LogP contribution in [0.15, 0.2) is 24.3 Å². The number of aliphatic carboxylic acids is 1. The van der Waals surface area contributed by atoms with Crippen LogP contribution in [-0.2, 0) is 66.5 Å². The smallest absolute Gasteiger partial charge is 0.364 e. The summed E-state index contributed by atoms with van der Waals surface area (Å²) in [5.41, 5.74) is 0.217. The van der Waals surface area contributed by atoms with E-state index in [1.165, 1.54) is 24.3 Å². The minimum absolute atomic E-state index is 0.0735. The number of aliphatic hydroxyl groups excluding tert-OH is 18. The second-order valence-corrected chi connectivity index (χ2v) is 22.3. The first-order valence-corrected chi connectivity index (χ1v) is 28.4. The topological polar surface area (TPSA) is 630 Å². The number of hydrogen-bond acceptors (Lipinski definition) is 34. The van der Waals surface area contributed by atoms with Crippen molar-refractivity contribution in [2.24, 2.45) is 0 Å². The Labute approximate surface area is 515 Å². The molecule has 5 fully saturated rings. The minimum Gasteiger partial charge on any atom is -0.478 e. The Bertz CT molecular complexity index is 2520. The average molecular weight is 1320 g/mol. The normalized spacial score (nSPS) is 39.1. The van der Waals surface area contributed by atoms with Gasteiger partial charge in [-0.2, -0.15) is 0 Å². The molecule has 24 N–H and O–H groups in total. The predicted molar refractivity (Wildman–Crippen MR) is 288 cm³/mol. The molecule has 6 rings (SSSR count). The number of carbonyl (C=O) groups excluding carboxylic acids is 3. The Hall–Kier alpha value is -4.75. The monoisotopic (exact) mass is 1320 g/mol. The third kappa shape index (κ3) is 17.8. The Kier molecular flexibility index (Phi) is 27.4. The van der Waals surface area contributed by atoms with E-state index in [1.807, 2.05) is 0 Å². The van der Waals surface area contributed by atoms with E-state index in [9.17, 15) is 126 Å². The predicted octanol–water partition coefficient (Wildman–Crippen LogP) is -13.0. The molecule has 5 aliphatic rings. The largest absolute Gasteiger partial charge is 0.478 e. The van der Waals surface area contributed by atoms with Crippen LogP contribution in [0.4, 0.5) is 5.69 Å². The lowest BCUT2D eigenvalue weighted by Gasteiger charge is -2.50. The van der Waals surface area contributed by atoms with Crippen molar-refractivity contribution in [3.8, 4) is 0 Å². The second-order valence-electron chi connectivity index (χ2n) is 22.3. The summed E-state index contributed by atoms with van der Waals surface area (Å²) >= 11 is 0. The summed E-state index contributed by atoms with van der Waals surface area (Å²) in [5.74, 6) is -8.73. The summed E-state index contributed by atoms with van der Waals surface area (Å²) in [7, 11) is 0. The maximum atomic E-state index is 12.8.